The number of nitrogens with one attached hydrogen (secondary N) is 1. The van der Waals surface area contributed by atoms with Crippen LogP contribution in [0.5, 0.6) is 11.6 Å². The maximum absolute atomic E-state index is 5.89. The van der Waals surface area contributed by atoms with Gasteiger partial charge in [-0.15, -0.1) is 11.3 Å². The summed E-state index contributed by atoms with van der Waals surface area (Å²) in [6.07, 6.45) is 0. The standard InChI is InChI=1S/C13H11BrN4OS/c1-7-2-3-10(9(14)6-7)19-11-8-4-5-20-12(8)17-13(16-11)18-15/h2-6H,15H2,1H3,(H,16,17,18). The number of hydrazine groups is 1. The van der Waals surface area contributed by atoms with Crippen molar-refractivity contribution in [3.05, 3.63) is 39.7 Å². The summed E-state index contributed by atoms with van der Waals surface area (Å²) in [5, 5.41) is 2.80. The lowest BCUT2D eigenvalue weighted by atomic mass is 10.2. The van der Waals surface area contributed by atoms with Crippen molar-refractivity contribution >= 4 is 43.4 Å². The Bertz CT molecular complexity index is 774. The second kappa shape index (κ2) is 5.35. The summed E-state index contributed by atoms with van der Waals surface area (Å²) in [4.78, 5) is 9.36. The molecule has 3 aromatic rings. The van der Waals surface area contributed by atoms with E-state index in [0.29, 0.717) is 17.6 Å². The molecular weight excluding hydrogens is 340 g/mol. The Hall–Kier alpha value is -1.70. The van der Waals surface area contributed by atoms with E-state index >= 15 is 0 Å². The number of hydrogen-bond donors (Lipinski definition) is 2. The first kappa shape index (κ1) is 13.3. The van der Waals surface area contributed by atoms with Gasteiger partial charge in [-0.05, 0) is 52.0 Å². The third-order valence-electron chi connectivity index (χ3n) is 2.71. The highest BCUT2D eigenvalue weighted by molar-refractivity contribution is 9.10. The van der Waals surface area contributed by atoms with Crippen LogP contribution in [-0.4, -0.2) is 9.97 Å². The Kier molecular flexibility index (Phi) is 3.56. The van der Waals surface area contributed by atoms with Gasteiger partial charge in [-0.3, -0.25) is 5.43 Å². The molecule has 2 aromatic heterocycles. The number of thiophene rings is 1. The van der Waals surface area contributed by atoms with Gasteiger partial charge in [-0.25, -0.2) is 10.8 Å². The van der Waals surface area contributed by atoms with E-state index in [-0.39, 0.29) is 0 Å². The zero-order valence-electron chi connectivity index (χ0n) is 10.6. The molecule has 5 nitrogen and oxygen atoms in total. The number of benzene rings is 1. The van der Waals surface area contributed by atoms with Gasteiger partial charge >= 0.3 is 0 Å². The number of nitrogens with zero attached hydrogens (tertiary/aromatic N) is 2. The predicted molar refractivity (Wildman–Crippen MR) is 84.2 cm³/mol. The molecule has 0 spiro atoms. The summed E-state index contributed by atoms with van der Waals surface area (Å²) in [5.74, 6) is 6.90. The summed E-state index contributed by atoms with van der Waals surface area (Å²) in [6, 6.07) is 7.80. The molecule has 0 amide bonds. The van der Waals surface area contributed by atoms with Gasteiger partial charge in [-0.1, -0.05) is 6.07 Å². The molecular formula is C13H11BrN4OS. The van der Waals surface area contributed by atoms with E-state index in [4.69, 9.17) is 10.6 Å². The van der Waals surface area contributed by atoms with E-state index in [2.05, 4.69) is 31.3 Å². The van der Waals surface area contributed by atoms with Crippen LogP contribution in [0.25, 0.3) is 10.2 Å². The van der Waals surface area contributed by atoms with Crippen LogP contribution in [0.2, 0.25) is 0 Å². The molecule has 2 heterocycles. The lowest BCUT2D eigenvalue weighted by Crippen LogP contribution is -2.10. The number of aryl methyl sites for hydroxylation is 1. The van der Waals surface area contributed by atoms with Gasteiger partial charge in [0, 0.05) is 0 Å². The lowest BCUT2D eigenvalue weighted by molar-refractivity contribution is 0.466. The van der Waals surface area contributed by atoms with Crippen LogP contribution in [0.3, 0.4) is 0 Å². The van der Waals surface area contributed by atoms with E-state index < -0.39 is 0 Å². The van der Waals surface area contributed by atoms with Crippen molar-refractivity contribution in [2.45, 2.75) is 6.92 Å². The largest absolute Gasteiger partial charge is 0.437 e. The number of aromatic nitrogens is 2. The van der Waals surface area contributed by atoms with Gasteiger partial charge in [0.1, 0.15) is 10.6 Å². The maximum atomic E-state index is 5.89. The Morgan fingerprint density at radius 1 is 1.30 bits per heavy atom. The van der Waals surface area contributed by atoms with Gasteiger partial charge in [0.2, 0.25) is 11.8 Å². The molecule has 0 atom stereocenters. The Balaban J connectivity index is 2.07. The lowest BCUT2D eigenvalue weighted by Gasteiger charge is -2.09. The molecule has 3 rings (SSSR count). The van der Waals surface area contributed by atoms with E-state index in [1.807, 2.05) is 36.6 Å². The van der Waals surface area contributed by atoms with Crippen molar-refractivity contribution < 1.29 is 4.74 Å². The van der Waals surface area contributed by atoms with Crippen molar-refractivity contribution in [3.8, 4) is 11.6 Å². The number of fused-ring (bicyclic) bond motifs is 1. The zero-order valence-corrected chi connectivity index (χ0v) is 13.0. The number of ether oxygens (including phenoxy) is 1. The first-order chi connectivity index (χ1) is 9.67. The highest BCUT2D eigenvalue weighted by Gasteiger charge is 2.12. The second-order valence-corrected chi connectivity index (χ2v) is 5.92. The zero-order chi connectivity index (χ0) is 14.1. The molecule has 20 heavy (non-hydrogen) atoms. The van der Waals surface area contributed by atoms with Gasteiger partial charge < -0.3 is 4.74 Å². The maximum Gasteiger partial charge on any atom is 0.241 e. The first-order valence-electron chi connectivity index (χ1n) is 5.83. The minimum atomic E-state index is 0.332. The molecule has 1 aromatic carbocycles. The predicted octanol–water partition coefficient (Wildman–Crippen LogP) is 3.84. The fourth-order valence-corrected chi connectivity index (χ4v) is 3.09. The molecule has 0 unspecified atom stereocenters. The number of anilines is 1. The highest BCUT2D eigenvalue weighted by atomic mass is 79.9. The normalized spacial score (nSPS) is 10.8. The van der Waals surface area contributed by atoms with E-state index in [0.717, 1.165) is 20.3 Å². The van der Waals surface area contributed by atoms with Crippen LogP contribution in [-0.2, 0) is 0 Å². The van der Waals surface area contributed by atoms with Gasteiger partial charge in [0.15, 0.2) is 0 Å². The Morgan fingerprint density at radius 2 is 2.15 bits per heavy atom. The summed E-state index contributed by atoms with van der Waals surface area (Å²) in [6.45, 7) is 2.02. The Morgan fingerprint density at radius 3 is 2.90 bits per heavy atom. The number of nitrogen functional groups attached to an aromatic ring is 1. The molecule has 3 N–H and O–H groups in total. The number of nitrogens with two attached hydrogens (primary N) is 1. The third-order valence-corrected chi connectivity index (χ3v) is 4.14. The number of hydrogen-bond acceptors (Lipinski definition) is 6. The summed E-state index contributed by atoms with van der Waals surface area (Å²) < 4.78 is 6.77. The van der Waals surface area contributed by atoms with Gasteiger partial charge in [-0.2, -0.15) is 4.98 Å². The number of rotatable bonds is 3. The van der Waals surface area contributed by atoms with Crippen molar-refractivity contribution in [1.29, 1.82) is 0 Å². The van der Waals surface area contributed by atoms with Gasteiger partial charge in [0.25, 0.3) is 0 Å². The van der Waals surface area contributed by atoms with Crippen LogP contribution in [0.15, 0.2) is 34.1 Å². The average Bonchev–Trinajstić information content (AvgIpc) is 2.90. The fourth-order valence-electron chi connectivity index (χ4n) is 1.76. The summed E-state index contributed by atoms with van der Waals surface area (Å²) in [5.41, 5.74) is 3.60. The summed E-state index contributed by atoms with van der Waals surface area (Å²) >= 11 is 5.00. The SMILES string of the molecule is Cc1ccc(Oc2nc(NN)nc3sccc23)c(Br)c1. The van der Waals surface area contributed by atoms with Crippen LogP contribution >= 0.6 is 27.3 Å². The molecule has 0 aliphatic carbocycles. The molecule has 7 heteroatoms. The second-order valence-electron chi connectivity index (χ2n) is 4.17. The van der Waals surface area contributed by atoms with E-state index in [9.17, 15) is 0 Å². The minimum Gasteiger partial charge on any atom is -0.437 e. The Labute approximate surface area is 127 Å². The quantitative estimate of drug-likeness (QED) is 0.554. The van der Waals surface area contributed by atoms with Crippen LogP contribution in [0.1, 0.15) is 5.56 Å². The minimum absolute atomic E-state index is 0.332. The van der Waals surface area contributed by atoms with Crippen molar-refractivity contribution in [2.24, 2.45) is 5.84 Å². The molecule has 0 radical (unpaired) electrons. The van der Waals surface area contributed by atoms with Crippen molar-refractivity contribution in [1.82, 2.24) is 9.97 Å². The molecule has 102 valence electrons. The summed E-state index contributed by atoms with van der Waals surface area (Å²) in [7, 11) is 0. The van der Waals surface area contributed by atoms with E-state index in [1.165, 1.54) is 11.3 Å². The smallest absolute Gasteiger partial charge is 0.241 e. The first-order valence-corrected chi connectivity index (χ1v) is 7.50. The monoisotopic (exact) mass is 350 g/mol. The average molecular weight is 351 g/mol. The molecule has 0 aliphatic rings. The van der Waals surface area contributed by atoms with Crippen LogP contribution in [0, 0.1) is 6.92 Å². The molecule has 0 bridgehead atoms. The van der Waals surface area contributed by atoms with Crippen molar-refractivity contribution in [2.75, 3.05) is 5.43 Å². The number of halogens is 1. The molecule has 0 saturated carbocycles. The van der Waals surface area contributed by atoms with Gasteiger partial charge in [0.05, 0.1) is 9.86 Å². The van der Waals surface area contributed by atoms with Crippen LogP contribution in [0.4, 0.5) is 5.95 Å². The molecule has 0 saturated heterocycles. The van der Waals surface area contributed by atoms with Crippen LogP contribution < -0.4 is 16.0 Å². The third kappa shape index (κ3) is 2.47. The highest BCUT2D eigenvalue weighted by Crippen LogP contribution is 2.34. The fraction of sp³-hybridized carbons (Fsp3) is 0.0769. The van der Waals surface area contributed by atoms with E-state index in [1.54, 1.807) is 0 Å². The molecule has 0 fully saturated rings. The topological polar surface area (TPSA) is 73.1 Å². The molecule has 0 aliphatic heterocycles. The van der Waals surface area contributed by atoms with Crippen molar-refractivity contribution in [3.63, 3.8) is 0 Å².